The summed E-state index contributed by atoms with van der Waals surface area (Å²) in [6, 6.07) is 3.88. The van der Waals surface area contributed by atoms with Crippen LogP contribution in [0, 0.1) is 0 Å². The number of methoxy groups -OCH3 is 2. The average Bonchev–Trinajstić information content (AvgIpc) is 2.69. The van der Waals surface area contributed by atoms with Crippen LogP contribution in [0.3, 0.4) is 0 Å². The fraction of sp³-hybridized carbons (Fsp3) is 0.667. The predicted octanol–water partition coefficient (Wildman–Crippen LogP) is 3.36. The van der Waals surface area contributed by atoms with Crippen molar-refractivity contribution >= 4 is 5.91 Å². The molecular weight excluding hydrogens is 328 g/mol. The van der Waals surface area contributed by atoms with Crippen molar-refractivity contribution in [3.05, 3.63) is 23.3 Å². The van der Waals surface area contributed by atoms with Crippen LogP contribution in [0.5, 0.6) is 11.5 Å². The van der Waals surface area contributed by atoms with Crippen molar-refractivity contribution in [2.24, 2.45) is 0 Å². The third-order valence-electron chi connectivity index (χ3n) is 6.01. The number of carbonyl (C=O) groups excluding carboxylic acids is 1. The van der Waals surface area contributed by atoms with Gasteiger partial charge in [0.25, 0.3) is 5.91 Å². The predicted molar refractivity (Wildman–Crippen MR) is 103 cm³/mol. The normalized spacial score (nSPS) is 23.3. The molecule has 0 saturated carbocycles. The summed E-state index contributed by atoms with van der Waals surface area (Å²) in [5.74, 6) is 1.31. The maximum Gasteiger partial charge on any atom is 0.251 e. The first-order chi connectivity index (χ1) is 12.6. The summed E-state index contributed by atoms with van der Waals surface area (Å²) in [7, 11) is 3.27. The molecule has 1 N–H and O–H groups in total. The SMILES string of the molecule is CCCC1(CCN2CCCCC2)CNC(=O)c2cc(OC)c(OC)cc21. The minimum atomic E-state index is -0.0327. The smallest absolute Gasteiger partial charge is 0.251 e. The Morgan fingerprint density at radius 3 is 2.42 bits per heavy atom. The molecule has 5 nitrogen and oxygen atoms in total. The van der Waals surface area contributed by atoms with Crippen molar-refractivity contribution in [3.63, 3.8) is 0 Å². The Hall–Kier alpha value is -1.75. The van der Waals surface area contributed by atoms with Gasteiger partial charge in [-0.3, -0.25) is 4.79 Å². The number of fused-ring (bicyclic) bond motifs is 1. The molecule has 1 amide bonds. The first-order valence-electron chi connectivity index (χ1n) is 9.90. The molecule has 0 aromatic heterocycles. The molecule has 3 rings (SSSR count). The topological polar surface area (TPSA) is 50.8 Å². The van der Waals surface area contributed by atoms with E-state index in [0.29, 0.717) is 18.0 Å². The highest BCUT2D eigenvalue weighted by Crippen LogP contribution is 2.42. The Morgan fingerprint density at radius 2 is 1.77 bits per heavy atom. The van der Waals surface area contributed by atoms with E-state index in [-0.39, 0.29) is 11.3 Å². The lowest BCUT2D eigenvalue weighted by atomic mass is 9.70. The van der Waals surface area contributed by atoms with Crippen molar-refractivity contribution in [1.82, 2.24) is 10.2 Å². The molecule has 26 heavy (non-hydrogen) atoms. The zero-order chi connectivity index (χ0) is 18.6. The lowest BCUT2D eigenvalue weighted by molar-refractivity contribution is 0.0912. The fourth-order valence-electron chi connectivity index (χ4n) is 4.55. The van der Waals surface area contributed by atoms with Gasteiger partial charge in [-0.05, 0) is 63.0 Å². The van der Waals surface area contributed by atoms with Gasteiger partial charge >= 0.3 is 0 Å². The number of rotatable bonds is 7. The summed E-state index contributed by atoms with van der Waals surface area (Å²) in [6.45, 7) is 6.42. The Morgan fingerprint density at radius 1 is 1.08 bits per heavy atom. The number of benzene rings is 1. The van der Waals surface area contributed by atoms with E-state index in [1.54, 1.807) is 14.2 Å². The maximum absolute atomic E-state index is 12.5. The number of hydrogen-bond acceptors (Lipinski definition) is 4. The van der Waals surface area contributed by atoms with E-state index in [4.69, 9.17) is 9.47 Å². The van der Waals surface area contributed by atoms with Gasteiger partial charge in [0, 0.05) is 17.5 Å². The molecule has 0 aliphatic carbocycles. The second-order valence-corrected chi connectivity index (χ2v) is 7.62. The standard InChI is InChI=1S/C21H32N2O3/c1-4-8-21(9-12-23-10-6-5-7-11-23)15-22-20(24)16-13-18(25-2)19(26-3)14-17(16)21/h13-14H,4-12,15H2,1-3H3,(H,22,24). The van der Waals surface area contributed by atoms with Crippen LogP contribution in [0.25, 0.3) is 0 Å². The Bertz CT molecular complexity index is 640. The van der Waals surface area contributed by atoms with Gasteiger partial charge in [0.2, 0.25) is 0 Å². The van der Waals surface area contributed by atoms with E-state index in [1.807, 2.05) is 12.1 Å². The van der Waals surface area contributed by atoms with E-state index < -0.39 is 0 Å². The molecule has 2 aliphatic rings. The van der Waals surface area contributed by atoms with Gasteiger partial charge in [0.1, 0.15) is 0 Å². The fourth-order valence-corrected chi connectivity index (χ4v) is 4.55. The molecule has 0 radical (unpaired) electrons. The average molecular weight is 360 g/mol. The second-order valence-electron chi connectivity index (χ2n) is 7.62. The monoisotopic (exact) mass is 360 g/mol. The molecule has 2 aliphatic heterocycles. The zero-order valence-electron chi connectivity index (χ0n) is 16.4. The van der Waals surface area contributed by atoms with Gasteiger partial charge in [-0.15, -0.1) is 0 Å². The van der Waals surface area contributed by atoms with Crippen LogP contribution < -0.4 is 14.8 Å². The molecule has 1 saturated heterocycles. The van der Waals surface area contributed by atoms with Crippen molar-refractivity contribution in [3.8, 4) is 11.5 Å². The molecule has 1 aromatic carbocycles. The molecule has 0 bridgehead atoms. The second kappa shape index (κ2) is 8.30. The number of nitrogens with zero attached hydrogens (tertiary/aromatic N) is 1. The summed E-state index contributed by atoms with van der Waals surface area (Å²) in [5.41, 5.74) is 1.83. The number of ether oxygens (including phenoxy) is 2. The Kier molecular flexibility index (Phi) is 6.07. The maximum atomic E-state index is 12.5. The molecule has 2 heterocycles. The molecule has 5 heteroatoms. The van der Waals surface area contributed by atoms with Crippen LogP contribution >= 0.6 is 0 Å². The third kappa shape index (κ3) is 3.68. The zero-order valence-corrected chi connectivity index (χ0v) is 16.4. The summed E-state index contributed by atoms with van der Waals surface area (Å²) < 4.78 is 11.0. The number of carbonyl (C=O) groups is 1. The molecular formula is C21H32N2O3. The van der Waals surface area contributed by atoms with Crippen molar-refractivity contribution < 1.29 is 14.3 Å². The Labute approximate surface area is 157 Å². The van der Waals surface area contributed by atoms with Crippen molar-refractivity contribution in [1.29, 1.82) is 0 Å². The van der Waals surface area contributed by atoms with E-state index in [9.17, 15) is 4.79 Å². The van der Waals surface area contributed by atoms with E-state index in [2.05, 4.69) is 17.1 Å². The van der Waals surface area contributed by atoms with Crippen molar-refractivity contribution in [2.75, 3.05) is 40.4 Å². The van der Waals surface area contributed by atoms with Crippen LogP contribution in [0.2, 0.25) is 0 Å². The summed E-state index contributed by atoms with van der Waals surface area (Å²) in [4.78, 5) is 15.1. The van der Waals surface area contributed by atoms with E-state index in [1.165, 1.54) is 32.4 Å². The van der Waals surface area contributed by atoms with E-state index in [0.717, 1.165) is 36.9 Å². The molecule has 1 fully saturated rings. The number of piperidine rings is 1. The van der Waals surface area contributed by atoms with Gasteiger partial charge in [0.15, 0.2) is 11.5 Å². The van der Waals surface area contributed by atoms with Crippen LogP contribution in [0.15, 0.2) is 12.1 Å². The number of hydrogen-bond donors (Lipinski definition) is 1. The largest absolute Gasteiger partial charge is 0.493 e. The number of likely N-dealkylation sites (tertiary alicyclic amines) is 1. The summed E-state index contributed by atoms with van der Waals surface area (Å²) in [6.07, 6.45) is 7.17. The molecule has 0 spiro atoms. The van der Waals surface area contributed by atoms with Gasteiger partial charge < -0.3 is 19.7 Å². The van der Waals surface area contributed by atoms with Gasteiger partial charge in [0.05, 0.1) is 14.2 Å². The molecule has 1 aromatic rings. The molecule has 1 atom stereocenters. The van der Waals surface area contributed by atoms with Gasteiger partial charge in [-0.2, -0.15) is 0 Å². The van der Waals surface area contributed by atoms with Crippen LogP contribution in [-0.4, -0.2) is 51.2 Å². The van der Waals surface area contributed by atoms with E-state index >= 15 is 0 Å². The number of amides is 1. The van der Waals surface area contributed by atoms with Gasteiger partial charge in [-0.1, -0.05) is 19.8 Å². The summed E-state index contributed by atoms with van der Waals surface area (Å²) >= 11 is 0. The molecule has 144 valence electrons. The lowest BCUT2D eigenvalue weighted by Crippen LogP contribution is -2.48. The molecule has 1 unspecified atom stereocenters. The number of nitrogens with one attached hydrogen (secondary N) is 1. The summed E-state index contributed by atoms with van der Waals surface area (Å²) in [5, 5.41) is 3.14. The van der Waals surface area contributed by atoms with Crippen LogP contribution in [0.4, 0.5) is 0 Å². The first kappa shape index (κ1) is 19.0. The minimum Gasteiger partial charge on any atom is -0.493 e. The third-order valence-corrected chi connectivity index (χ3v) is 6.01. The first-order valence-corrected chi connectivity index (χ1v) is 9.90. The highest BCUT2D eigenvalue weighted by atomic mass is 16.5. The highest BCUT2D eigenvalue weighted by Gasteiger charge is 2.40. The quantitative estimate of drug-likeness (QED) is 0.810. The van der Waals surface area contributed by atoms with Crippen LogP contribution in [-0.2, 0) is 5.41 Å². The van der Waals surface area contributed by atoms with Crippen molar-refractivity contribution in [2.45, 2.75) is 50.9 Å². The lowest BCUT2D eigenvalue weighted by Gasteiger charge is -2.41. The van der Waals surface area contributed by atoms with Gasteiger partial charge in [-0.25, -0.2) is 0 Å². The highest BCUT2D eigenvalue weighted by molar-refractivity contribution is 5.98. The Balaban J connectivity index is 1.94. The minimum absolute atomic E-state index is 0.00865. The van der Waals surface area contributed by atoms with Crippen LogP contribution in [0.1, 0.15) is 61.4 Å².